The molecule has 3 aromatic rings. The zero-order valence-electron chi connectivity index (χ0n) is 18.0. The first kappa shape index (κ1) is 23.8. The number of nitrogens with zero attached hydrogens (tertiary/aromatic N) is 2. The van der Waals surface area contributed by atoms with Gasteiger partial charge >= 0.3 is 25.2 Å². The Bertz CT molecular complexity index is 1370. The number of hydrogen-bond donors (Lipinski definition) is 0. The Morgan fingerprint density at radius 1 is 0.941 bits per heavy atom. The molecule has 1 saturated heterocycles. The fourth-order valence-electron chi connectivity index (χ4n) is 3.59. The van der Waals surface area contributed by atoms with E-state index in [4.69, 9.17) is 9.31 Å². The van der Waals surface area contributed by atoms with E-state index in [0.29, 0.717) is 0 Å². The van der Waals surface area contributed by atoms with Gasteiger partial charge in [0.25, 0.3) is 10.0 Å². The largest absolute Gasteiger partial charge is 0.655 e. The molecule has 2 aromatic carbocycles. The first-order valence-corrected chi connectivity index (χ1v) is 11.4. The molecule has 0 spiro atoms. The van der Waals surface area contributed by atoms with Gasteiger partial charge < -0.3 is 9.31 Å². The Labute approximate surface area is 193 Å². The predicted octanol–water partition coefficient (Wildman–Crippen LogP) is 1.93. The van der Waals surface area contributed by atoms with E-state index in [1.807, 2.05) is 0 Å². The van der Waals surface area contributed by atoms with Crippen LogP contribution >= 0.6 is 0 Å². The highest BCUT2D eigenvalue weighted by Crippen LogP contribution is 2.32. The summed E-state index contributed by atoms with van der Waals surface area (Å²) in [6.07, 6.45) is -4.67. The van der Waals surface area contributed by atoms with Crippen LogP contribution in [0.3, 0.4) is 0 Å². The van der Waals surface area contributed by atoms with E-state index in [9.17, 15) is 31.2 Å². The monoisotopic (exact) mass is 494 g/mol. The van der Waals surface area contributed by atoms with Crippen molar-refractivity contribution in [3.8, 4) is 0 Å². The van der Waals surface area contributed by atoms with Gasteiger partial charge in [0.15, 0.2) is 0 Å². The SMILES string of the molecule is Cc1ccc(S(=O)(=O)n2c(B3OC(=O)CN(C)CC(=O)O3)cc3cc(C(F)(F)F)ccc32)cc1. The van der Waals surface area contributed by atoms with Crippen LogP contribution in [0, 0.1) is 6.92 Å². The maximum absolute atomic E-state index is 13.6. The zero-order chi connectivity index (χ0) is 24.8. The van der Waals surface area contributed by atoms with E-state index in [2.05, 4.69) is 0 Å². The molecule has 0 radical (unpaired) electrons. The molecule has 0 atom stereocenters. The van der Waals surface area contributed by atoms with Crippen molar-refractivity contribution in [1.82, 2.24) is 8.87 Å². The molecule has 13 heteroatoms. The van der Waals surface area contributed by atoms with Gasteiger partial charge in [-0.3, -0.25) is 14.5 Å². The quantitative estimate of drug-likeness (QED) is 0.514. The molecule has 0 N–H and O–H groups in total. The van der Waals surface area contributed by atoms with Gasteiger partial charge in [-0.25, -0.2) is 12.4 Å². The van der Waals surface area contributed by atoms with Gasteiger partial charge in [-0.15, -0.1) is 0 Å². The maximum Gasteiger partial charge on any atom is 0.655 e. The minimum Gasteiger partial charge on any atom is -0.493 e. The Kier molecular flexibility index (Phi) is 5.94. The van der Waals surface area contributed by atoms with E-state index in [1.54, 1.807) is 19.1 Å². The van der Waals surface area contributed by atoms with Crippen LogP contribution in [0.2, 0.25) is 0 Å². The number of carbonyl (C=O) groups is 2. The summed E-state index contributed by atoms with van der Waals surface area (Å²) in [5, 5.41) is -0.0909. The molecule has 1 aromatic heterocycles. The van der Waals surface area contributed by atoms with Gasteiger partial charge in [-0.1, -0.05) is 17.7 Å². The maximum atomic E-state index is 13.6. The lowest BCUT2D eigenvalue weighted by Gasteiger charge is -2.23. The van der Waals surface area contributed by atoms with Crippen molar-refractivity contribution in [3.05, 3.63) is 59.7 Å². The topological polar surface area (TPSA) is 94.9 Å². The molecule has 0 saturated carbocycles. The lowest BCUT2D eigenvalue weighted by Crippen LogP contribution is -2.50. The summed E-state index contributed by atoms with van der Waals surface area (Å²) in [7, 11) is -4.69. The number of halogens is 3. The third kappa shape index (κ3) is 4.53. The Morgan fingerprint density at radius 2 is 1.53 bits per heavy atom. The molecule has 178 valence electrons. The molecule has 4 rings (SSSR count). The summed E-state index contributed by atoms with van der Waals surface area (Å²) in [5.74, 6) is -1.61. The fraction of sp³-hybridized carbons (Fsp3) is 0.238. The second-order valence-electron chi connectivity index (χ2n) is 7.91. The predicted molar refractivity (Wildman–Crippen MR) is 116 cm³/mol. The third-order valence-electron chi connectivity index (χ3n) is 5.19. The van der Waals surface area contributed by atoms with Crippen LogP contribution in [-0.2, 0) is 35.1 Å². The van der Waals surface area contributed by atoms with Crippen LogP contribution in [0.5, 0.6) is 0 Å². The molecule has 1 aliphatic rings. The number of alkyl halides is 3. The number of aryl methyl sites for hydroxylation is 1. The Balaban J connectivity index is 1.95. The minimum atomic E-state index is -4.67. The van der Waals surface area contributed by atoms with Crippen molar-refractivity contribution in [1.29, 1.82) is 0 Å². The average molecular weight is 494 g/mol. The van der Waals surface area contributed by atoms with E-state index >= 15 is 0 Å². The lowest BCUT2D eigenvalue weighted by atomic mass is 9.84. The lowest BCUT2D eigenvalue weighted by molar-refractivity contribution is -0.145. The molecule has 0 amide bonds. The smallest absolute Gasteiger partial charge is 0.493 e. The van der Waals surface area contributed by atoms with Crippen molar-refractivity contribution >= 4 is 45.6 Å². The molecule has 34 heavy (non-hydrogen) atoms. The number of rotatable bonds is 3. The molecule has 0 aliphatic carbocycles. The average Bonchev–Trinajstić information content (AvgIpc) is 3.11. The van der Waals surface area contributed by atoms with Gasteiger partial charge in [0, 0.05) is 5.39 Å². The second-order valence-corrected chi connectivity index (χ2v) is 9.69. The summed E-state index contributed by atoms with van der Waals surface area (Å²) >= 11 is 0. The van der Waals surface area contributed by atoms with E-state index in [0.717, 1.165) is 33.8 Å². The molecular weight excluding hydrogens is 476 g/mol. The van der Waals surface area contributed by atoms with Gasteiger partial charge in [-0.05, 0) is 50.4 Å². The first-order valence-electron chi connectivity index (χ1n) is 9.98. The zero-order valence-corrected chi connectivity index (χ0v) is 18.8. The molecule has 0 unspecified atom stereocenters. The van der Waals surface area contributed by atoms with Crippen molar-refractivity contribution in [2.24, 2.45) is 0 Å². The van der Waals surface area contributed by atoms with E-state index in [-0.39, 0.29) is 34.5 Å². The molecule has 2 heterocycles. The summed E-state index contributed by atoms with van der Waals surface area (Å²) in [4.78, 5) is 25.7. The Morgan fingerprint density at radius 3 is 2.09 bits per heavy atom. The van der Waals surface area contributed by atoms with Gasteiger partial charge in [0.1, 0.15) is 0 Å². The molecule has 8 nitrogen and oxygen atoms in total. The van der Waals surface area contributed by atoms with Crippen molar-refractivity contribution in [3.63, 3.8) is 0 Å². The van der Waals surface area contributed by atoms with Crippen molar-refractivity contribution in [2.75, 3.05) is 20.1 Å². The van der Waals surface area contributed by atoms with Crippen molar-refractivity contribution < 1.29 is 40.5 Å². The second kappa shape index (κ2) is 8.47. The van der Waals surface area contributed by atoms with Crippen LogP contribution in [-0.4, -0.2) is 56.5 Å². The molecule has 1 fully saturated rings. The number of aromatic nitrogens is 1. The summed E-state index contributed by atoms with van der Waals surface area (Å²) in [6, 6.07) is 9.45. The van der Waals surface area contributed by atoms with Crippen molar-refractivity contribution in [2.45, 2.75) is 18.0 Å². The number of carbonyl (C=O) groups excluding carboxylic acids is 2. The highest BCUT2D eigenvalue weighted by molar-refractivity contribution is 7.90. The number of hydrogen-bond acceptors (Lipinski definition) is 7. The number of fused-ring (bicyclic) bond motifs is 1. The summed E-state index contributed by atoms with van der Waals surface area (Å²) < 4.78 is 78.2. The summed E-state index contributed by atoms with van der Waals surface area (Å²) in [5.41, 5.74) is -0.626. The standard InChI is InChI=1S/C21H18BF3N2O6S/c1-13-3-6-16(7-4-13)34(30,31)27-17-8-5-15(21(23,24)25)9-14(17)10-18(27)22-32-19(28)11-26(2)12-20(29)33-22/h3-10H,11-12H2,1-2H3. The highest BCUT2D eigenvalue weighted by atomic mass is 32.2. The van der Waals surface area contributed by atoms with Gasteiger partial charge in [0.05, 0.1) is 34.7 Å². The Hall–Kier alpha value is -3.32. The van der Waals surface area contributed by atoms with Crippen LogP contribution in [0.25, 0.3) is 10.9 Å². The van der Waals surface area contributed by atoms with Crippen LogP contribution in [0.1, 0.15) is 11.1 Å². The summed E-state index contributed by atoms with van der Waals surface area (Å²) in [6.45, 7) is 1.22. The number of likely N-dealkylation sites (N-methyl/N-ethyl adjacent to an activating group) is 1. The van der Waals surface area contributed by atoms with E-state index < -0.39 is 40.8 Å². The molecular formula is C21H18BF3N2O6S. The van der Waals surface area contributed by atoms with Gasteiger partial charge in [0.2, 0.25) is 0 Å². The minimum absolute atomic E-state index is 0.0909. The molecule has 0 bridgehead atoms. The van der Waals surface area contributed by atoms with E-state index in [1.165, 1.54) is 24.1 Å². The van der Waals surface area contributed by atoms with Gasteiger partial charge in [-0.2, -0.15) is 13.2 Å². The third-order valence-corrected chi connectivity index (χ3v) is 6.94. The van der Waals surface area contributed by atoms with Crippen LogP contribution in [0.15, 0.2) is 53.4 Å². The highest BCUT2D eigenvalue weighted by Gasteiger charge is 2.40. The fourth-order valence-corrected chi connectivity index (χ4v) is 5.12. The normalized spacial score (nSPS) is 16.2. The number of benzene rings is 2. The van der Waals surface area contributed by atoms with Crippen LogP contribution < -0.4 is 5.59 Å². The van der Waals surface area contributed by atoms with Crippen LogP contribution in [0.4, 0.5) is 13.2 Å². The first-order chi connectivity index (χ1) is 15.9. The molecule has 1 aliphatic heterocycles.